The second-order valence-corrected chi connectivity index (χ2v) is 6.87. The average molecular weight is 327 g/mol. The van der Waals surface area contributed by atoms with Gasteiger partial charge in [-0.2, -0.15) is 0 Å². The number of benzene rings is 1. The highest BCUT2D eigenvalue weighted by atomic mass is 35.5. The van der Waals surface area contributed by atoms with Crippen molar-refractivity contribution < 1.29 is 14.0 Å². The van der Waals surface area contributed by atoms with Crippen LogP contribution in [0.25, 0.3) is 0 Å². The zero-order chi connectivity index (χ0) is 16.5. The van der Waals surface area contributed by atoms with Gasteiger partial charge in [-0.05, 0) is 18.2 Å². The van der Waals surface area contributed by atoms with Gasteiger partial charge in [0.1, 0.15) is 5.82 Å². The SMILES string of the molecule is CC(C)(C)C(=O)N1CCN(C(=O)c2ccc(F)c(Cl)c2)CC1. The van der Waals surface area contributed by atoms with Crippen molar-refractivity contribution in [3.63, 3.8) is 0 Å². The number of carbonyl (C=O) groups is 2. The van der Waals surface area contributed by atoms with Crippen LogP contribution in [0.5, 0.6) is 0 Å². The molecule has 0 N–H and O–H groups in total. The molecule has 120 valence electrons. The Morgan fingerprint density at radius 3 is 2.14 bits per heavy atom. The Kier molecular flexibility index (Phi) is 4.75. The number of carbonyl (C=O) groups excluding carboxylic acids is 2. The summed E-state index contributed by atoms with van der Waals surface area (Å²) < 4.78 is 13.2. The highest BCUT2D eigenvalue weighted by Gasteiger charge is 2.31. The summed E-state index contributed by atoms with van der Waals surface area (Å²) in [6, 6.07) is 3.96. The van der Waals surface area contributed by atoms with Gasteiger partial charge in [-0.1, -0.05) is 32.4 Å². The molecule has 1 aliphatic heterocycles. The van der Waals surface area contributed by atoms with Gasteiger partial charge in [0.15, 0.2) is 0 Å². The topological polar surface area (TPSA) is 40.6 Å². The van der Waals surface area contributed by atoms with E-state index in [9.17, 15) is 14.0 Å². The maximum absolute atomic E-state index is 13.2. The Balaban J connectivity index is 2.01. The van der Waals surface area contributed by atoms with Gasteiger partial charge < -0.3 is 9.80 Å². The fraction of sp³-hybridized carbons (Fsp3) is 0.500. The number of rotatable bonds is 1. The average Bonchev–Trinajstić information content (AvgIpc) is 2.48. The fourth-order valence-corrected chi connectivity index (χ4v) is 2.58. The van der Waals surface area contributed by atoms with Gasteiger partial charge in [0, 0.05) is 37.2 Å². The summed E-state index contributed by atoms with van der Waals surface area (Å²) in [5.41, 5.74) is -0.0570. The predicted octanol–water partition coefficient (Wildman–Crippen LogP) is 2.81. The van der Waals surface area contributed by atoms with Gasteiger partial charge in [-0.25, -0.2) is 4.39 Å². The van der Waals surface area contributed by atoms with Crippen LogP contribution in [-0.2, 0) is 4.79 Å². The Bertz CT molecular complexity index is 590. The van der Waals surface area contributed by atoms with Crippen molar-refractivity contribution in [2.75, 3.05) is 26.2 Å². The van der Waals surface area contributed by atoms with Gasteiger partial charge >= 0.3 is 0 Å². The number of piperazine rings is 1. The third-order valence-electron chi connectivity index (χ3n) is 3.66. The van der Waals surface area contributed by atoms with Gasteiger partial charge in [-0.15, -0.1) is 0 Å². The zero-order valence-corrected chi connectivity index (χ0v) is 13.8. The molecule has 0 bridgehead atoms. The van der Waals surface area contributed by atoms with Crippen molar-refractivity contribution in [1.82, 2.24) is 9.80 Å². The summed E-state index contributed by atoms with van der Waals surface area (Å²) in [4.78, 5) is 28.0. The van der Waals surface area contributed by atoms with Crippen LogP contribution in [-0.4, -0.2) is 47.8 Å². The number of hydrogen-bond acceptors (Lipinski definition) is 2. The first-order valence-electron chi connectivity index (χ1n) is 7.24. The molecule has 6 heteroatoms. The molecule has 1 saturated heterocycles. The summed E-state index contributed by atoms with van der Waals surface area (Å²) in [7, 11) is 0. The van der Waals surface area contributed by atoms with Crippen LogP contribution >= 0.6 is 11.6 Å². The van der Waals surface area contributed by atoms with Crippen LogP contribution in [0.3, 0.4) is 0 Å². The van der Waals surface area contributed by atoms with E-state index in [0.717, 1.165) is 0 Å². The summed E-state index contributed by atoms with van der Waals surface area (Å²) in [5.74, 6) is -0.645. The van der Waals surface area contributed by atoms with Gasteiger partial charge in [0.2, 0.25) is 5.91 Å². The predicted molar refractivity (Wildman–Crippen MR) is 83.3 cm³/mol. The number of halogens is 2. The van der Waals surface area contributed by atoms with E-state index in [2.05, 4.69) is 0 Å². The molecule has 1 aromatic carbocycles. The molecule has 0 aromatic heterocycles. The minimum atomic E-state index is -0.543. The lowest BCUT2D eigenvalue weighted by Crippen LogP contribution is -2.53. The summed E-state index contributed by atoms with van der Waals surface area (Å²) in [5, 5.41) is -0.0626. The second kappa shape index (κ2) is 6.24. The van der Waals surface area contributed by atoms with E-state index in [-0.39, 0.29) is 16.8 Å². The fourth-order valence-electron chi connectivity index (χ4n) is 2.40. The summed E-state index contributed by atoms with van der Waals surface area (Å²) in [6.07, 6.45) is 0. The van der Waals surface area contributed by atoms with Crippen LogP contribution in [0.4, 0.5) is 4.39 Å². The van der Waals surface area contributed by atoms with E-state index in [1.54, 1.807) is 9.80 Å². The van der Waals surface area contributed by atoms with Crippen molar-refractivity contribution in [3.05, 3.63) is 34.6 Å². The van der Waals surface area contributed by atoms with Gasteiger partial charge in [0.25, 0.3) is 5.91 Å². The third kappa shape index (κ3) is 3.58. The molecule has 0 radical (unpaired) electrons. The molecule has 0 aliphatic carbocycles. The monoisotopic (exact) mass is 326 g/mol. The normalized spacial score (nSPS) is 15.9. The molecule has 0 atom stereocenters. The van der Waals surface area contributed by atoms with Crippen LogP contribution in [0.2, 0.25) is 5.02 Å². The molecule has 4 nitrogen and oxygen atoms in total. The largest absolute Gasteiger partial charge is 0.339 e. The Labute approximate surface area is 134 Å². The number of amides is 2. The molecule has 1 aromatic rings. The molecule has 0 spiro atoms. The lowest BCUT2D eigenvalue weighted by atomic mass is 9.94. The standard InChI is InChI=1S/C16H20ClFN2O2/c1-16(2,3)15(22)20-8-6-19(7-9-20)14(21)11-4-5-13(18)12(17)10-11/h4-5,10H,6-9H2,1-3H3. The summed E-state index contributed by atoms with van der Waals surface area (Å²) >= 11 is 5.71. The van der Waals surface area contributed by atoms with Crippen LogP contribution in [0, 0.1) is 11.2 Å². The maximum Gasteiger partial charge on any atom is 0.254 e. The maximum atomic E-state index is 13.2. The summed E-state index contributed by atoms with van der Waals surface area (Å²) in [6.45, 7) is 7.60. The van der Waals surface area contributed by atoms with E-state index >= 15 is 0 Å². The molecule has 1 fully saturated rings. The van der Waals surface area contributed by atoms with Crippen molar-refractivity contribution >= 4 is 23.4 Å². The second-order valence-electron chi connectivity index (χ2n) is 6.46. The van der Waals surface area contributed by atoms with Gasteiger partial charge in [-0.3, -0.25) is 9.59 Å². The molecule has 1 aliphatic rings. The first kappa shape index (κ1) is 16.7. The Hall–Kier alpha value is -1.62. The Morgan fingerprint density at radius 2 is 1.64 bits per heavy atom. The number of nitrogens with zero attached hydrogens (tertiary/aromatic N) is 2. The first-order chi connectivity index (χ1) is 10.2. The highest BCUT2D eigenvalue weighted by molar-refractivity contribution is 6.31. The zero-order valence-electron chi connectivity index (χ0n) is 13.0. The molecule has 22 heavy (non-hydrogen) atoms. The van der Waals surface area contributed by atoms with E-state index in [0.29, 0.717) is 31.7 Å². The van der Waals surface area contributed by atoms with Crippen molar-refractivity contribution in [2.45, 2.75) is 20.8 Å². The van der Waals surface area contributed by atoms with Crippen molar-refractivity contribution in [2.24, 2.45) is 5.41 Å². The quantitative estimate of drug-likeness (QED) is 0.796. The molecule has 0 saturated carbocycles. The Morgan fingerprint density at radius 1 is 1.09 bits per heavy atom. The van der Waals surface area contributed by atoms with E-state index in [1.165, 1.54) is 18.2 Å². The van der Waals surface area contributed by atoms with Crippen molar-refractivity contribution in [3.8, 4) is 0 Å². The third-order valence-corrected chi connectivity index (χ3v) is 3.95. The molecule has 0 unspecified atom stereocenters. The van der Waals surface area contributed by atoms with E-state index < -0.39 is 11.2 Å². The molecule has 2 rings (SSSR count). The molecule has 1 heterocycles. The lowest BCUT2D eigenvalue weighted by molar-refractivity contribution is -0.140. The van der Waals surface area contributed by atoms with E-state index in [1.807, 2.05) is 20.8 Å². The lowest BCUT2D eigenvalue weighted by Gasteiger charge is -2.37. The van der Waals surface area contributed by atoms with Crippen LogP contribution in [0.15, 0.2) is 18.2 Å². The van der Waals surface area contributed by atoms with Crippen molar-refractivity contribution in [1.29, 1.82) is 0 Å². The molecule has 2 amide bonds. The molecular weight excluding hydrogens is 307 g/mol. The first-order valence-corrected chi connectivity index (χ1v) is 7.61. The smallest absolute Gasteiger partial charge is 0.254 e. The van der Waals surface area contributed by atoms with E-state index in [4.69, 9.17) is 11.6 Å². The van der Waals surface area contributed by atoms with Gasteiger partial charge in [0.05, 0.1) is 5.02 Å². The minimum absolute atomic E-state index is 0.0626. The minimum Gasteiger partial charge on any atom is -0.339 e. The highest BCUT2D eigenvalue weighted by Crippen LogP contribution is 2.20. The van der Waals surface area contributed by atoms with Crippen LogP contribution < -0.4 is 0 Å². The number of hydrogen-bond donors (Lipinski definition) is 0. The van der Waals surface area contributed by atoms with Crippen LogP contribution in [0.1, 0.15) is 31.1 Å². The molecular formula is C16H20ClFN2O2.